The van der Waals surface area contributed by atoms with Gasteiger partial charge < -0.3 is 4.57 Å². The minimum absolute atomic E-state index is 0.190. The first-order chi connectivity index (χ1) is 15.2. The lowest BCUT2D eigenvalue weighted by Crippen LogP contribution is -2.37. The van der Waals surface area contributed by atoms with E-state index in [0.717, 1.165) is 23.1 Å². The first-order valence-corrected chi connectivity index (χ1v) is 13.4. The largest absolute Gasteiger partial charge is 0.315 e. The maximum absolute atomic E-state index is 12.9. The van der Waals surface area contributed by atoms with E-state index in [4.69, 9.17) is 23.2 Å². The van der Waals surface area contributed by atoms with Crippen molar-refractivity contribution in [2.24, 2.45) is 10.9 Å². The SMILES string of the molecule is CCn1c(=NC(=O)c2ccc(S(=O)(=O)N3CCC(C)CC3)cc2)sc2ccc(Cl)c(Cl)c21. The third kappa shape index (κ3) is 4.39. The molecule has 6 nitrogen and oxygen atoms in total. The molecule has 2 heterocycles. The maximum Gasteiger partial charge on any atom is 0.279 e. The number of halogens is 2. The predicted molar refractivity (Wildman–Crippen MR) is 129 cm³/mol. The number of rotatable bonds is 4. The van der Waals surface area contributed by atoms with Crippen LogP contribution in [0, 0.1) is 5.92 Å². The number of carbonyl (C=O) groups is 1. The number of benzene rings is 2. The molecular weight excluding hydrogens is 489 g/mol. The van der Waals surface area contributed by atoms with Crippen LogP contribution in [0.5, 0.6) is 0 Å². The number of carbonyl (C=O) groups excluding carboxylic acids is 1. The summed E-state index contributed by atoms with van der Waals surface area (Å²) < 4.78 is 30.0. The molecule has 4 rings (SSSR count). The van der Waals surface area contributed by atoms with Crippen molar-refractivity contribution in [2.75, 3.05) is 13.1 Å². The maximum atomic E-state index is 12.9. The van der Waals surface area contributed by atoms with E-state index >= 15 is 0 Å². The standard InChI is InChI=1S/C22H23Cl2N3O3S2/c1-3-27-20-18(9-8-17(23)19(20)24)31-22(27)25-21(28)15-4-6-16(7-5-15)32(29,30)26-12-10-14(2)11-13-26/h4-9,14H,3,10-13H2,1-2H3. The van der Waals surface area contributed by atoms with Gasteiger partial charge in [0, 0.05) is 25.2 Å². The molecule has 0 N–H and O–H groups in total. The van der Waals surface area contributed by atoms with E-state index in [1.807, 2.05) is 17.6 Å². The second-order valence-electron chi connectivity index (χ2n) is 7.86. The van der Waals surface area contributed by atoms with Crippen LogP contribution in [0.1, 0.15) is 37.0 Å². The van der Waals surface area contributed by atoms with Crippen LogP contribution in [0.4, 0.5) is 0 Å². The van der Waals surface area contributed by atoms with Crippen LogP contribution < -0.4 is 4.80 Å². The number of hydrogen-bond donors (Lipinski definition) is 0. The molecule has 10 heteroatoms. The molecule has 1 saturated heterocycles. The van der Waals surface area contributed by atoms with Gasteiger partial charge in [0.15, 0.2) is 4.80 Å². The van der Waals surface area contributed by atoms with E-state index in [1.165, 1.54) is 39.9 Å². The topological polar surface area (TPSA) is 71.7 Å². The molecule has 1 aromatic heterocycles. The van der Waals surface area contributed by atoms with Crippen molar-refractivity contribution in [2.45, 2.75) is 38.1 Å². The number of piperidine rings is 1. The van der Waals surface area contributed by atoms with Gasteiger partial charge in [-0.1, -0.05) is 41.5 Å². The predicted octanol–water partition coefficient (Wildman–Crippen LogP) is 5.19. The molecule has 1 aliphatic heterocycles. The van der Waals surface area contributed by atoms with E-state index in [9.17, 15) is 13.2 Å². The molecule has 0 spiro atoms. The molecule has 0 atom stereocenters. The van der Waals surface area contributed by atoms with E-state index in [2.05, 4.69) is 11.9 Å². The van der Waals surface area contributed by atoms with Crippen LogP contribution in [0.15, 0.2) is 46.3 Å². The lowest BCUT2D eigenvalue weighted by atomic mass is 10.0. The average molecular weight is 512 g/mol. The lowest BCUT2D eigenvalue weighted by Gasteiger charge is -2.29. The van der Waals surface area contributed by atoms with Crippen LogP contribution in [-0.2, 0) is 16.6 Å². The Labute approximate surface area is 201 Å². The Hall–Kier alpha value is -1.71. The first kappa shape index (κ1) is 23.4. The van der Waals surface area contributed by atoms with Gasteiger partial charge in [-0.2, -0.15) is 9.30 Å². The third-order valence-corrected chi connectivity index (χ3v) is 9.48. The molecule has 170 valence electrons. The zero-order valence-corrected chi connectivity index (χ0v) is 20.9. The number of amides is 1. The fourth-order valence-corrected chi connectivity index (χ4v) is 6.82. The quantitative estimate of drug-likeness (QED) is 0.483. The van der Waals surface area contributed by atoms with Gasteiger partial charge in [-0.3, -0.25) is 4.79 Å². The monoisotopic (exact) mass is 511 g/mol. The van der Waals surface area contributed by atoms with Crippen molar-refractivity contribution in [1.82, 2.24) is 8.87 Å². The van der Waals surface area contributed by atoms with E-state index in [0.29, 0.717) is 46.0 Å². The van der Waals surface area contributed by atoms with Gasteiger partial charge in [-0.25, -0.2) is 8.42 Å². The van der Waals surface area contributed by atoms with Crippen molar-refractivity contribution in [3.05, 3.63) is 56.8 Å². The lowest BCUT2D eigenvalue weighted by molar-refractivity contribution is 0.0997. The van der Waals surface area contributed by atoms with E-state index < -0.39 is 15.9 Å². The van der Waals surface area contributed by atoms with Crippen molar-refractivity contribution >= 4 is 60.7 Å². The minimum Gasteiger partial charge on any atom is -0.315 e. The number of sulfonamides is 1. The van der Waals surface area contributed by atoms with Gasteiger partial charge in [0.25, 0.3) is 5.91 Å². The molecule has 1 amide bonds. The zero-order valence-electron chi connectivity index (χ0n) is 17.7. The highest BCUT2D eigenvalue weighted by Crippen LogP contribution is 2.32. The van der Waals surface area contributed by atoms with Crippen LogP contribution in [-0.4, -0.2) is 36.3 Å². The third-order valence-electron chi connectivity index (χ3n) is 5.73. The molecule has 0 bridgehead atoms. The molecule has 0 aliphatic carbocycles. The summed E-state index contributed by atoms with van der Waals surface area (Å²) in [5.74, 6) is 0.0884. The second kappa shape index (κ2) is 9.27. The molecular formula is C22H23Cl2N3O3S2. The Morgan fingerprint density at radius 1 is 1.12 bits per heavy atom. The number of aromatic nitrogens is 1. The van der Waals surface area contributed by atoms with Gasteiger partial charge in [0.05, 0.1) is 25.2 Å². The number of hydrogen-bond acceptors (Lipinski definition) is 4. The van der Waals surface area contributed by atoms with E-state index in [-0.39, 0.29) is 4.90 Å². The fourth-order valence-electron chi connectivity index (χ4n) is 3.78. The van der Waals surface area contributed by atoms with E-state index in [1.54, 1.807) is 6.07 Å². The highest BCUT2D eigenvalue weighted by molar-refractivity contribution is 7.89. The molecule has 0 saturated carbocycles. The summed E-state index contributed by atoms with van der Waals surface area (Å²) in [6.07, 6.45) is 1.72. The van der Waals surface area contributed by atoms with Gasteiger partial charge in [-0.05, 0) is 62.1 Å². The zero-order chi connectivity index (χ0) is 23.0. The molecule has 0 unspecified atom stereocenters. The Bertz CT molecular complexity index is 1340. The molecule has 32 heavy (non-hydrogen) atoms. The van der Waals surface area contributed by atoms with Crippen molar-refractivity contribution in [1.29, 1.82) is 0 Å². The number of nitrogens with zero attached hydrogens (tertiary/aromatic N) is 3. The summed E-state index contributed by atoms with van der Waals surface area (Å²) in [6, 6.07) is 9.55. The summed E-state index contributed by atoms with van der Waals surface area (Å²) in [4.78, 5) is 17.8. The van der Waals surface area contributed by atoms with Crippen molar-refractivity contribution in [3.63, 3.8) is 0 Å². The summed E-state index contributed by atoms with van der Waals surface area (Å²) in [7, 11) is -3.56. The Kier molecular flexibility index (Phi) is 6.79. The van der Waals surface area contributed by atoms with Crippen LogP contribution in [0.25, 0.3) is 10.2 Å². The Morgan fingerprint density at radius 3 is 2.41 bits per heavy atom. The summed E-state index contributed by atoms with van der Waals surface area (Å²) in [5.41, 5.74) is 1.07. The molecule has 2 aromatic carbocycles. The Morgan fingerprint density at radius 2 is 1.78 bits per heavy atom. The van der Waals surface area contributed by atoms with Gasteiger partial charge in [0.2, 0.25) is 10.0 Å². The van der Waals surface area contributed by atoms with Crippen LogP contribution in [0.2, 0.25) is 10.0 Å². The normalized spacial score (nSPS) is 16.7. The van der Waals surface area contributed by atoms with Crippen molar-refractivity contribution in [3.8, 4) is 0 Å². The summed E-state index contributed by atoms with van der Waals surface area (Å²) >= 11 is 13.9. The smallest absolute Gasteiger partial charge is 0.279 e. The number of aryl methyl sites for hydroxylation is 1. The average Bonchev–Trinajstić information content (AvgIpc) is 3.14. The molecule has 1 aliphatic rings. The first-order valence-electron chi connectivity index (χ1n) is 10.4. The van der Waals surface area contributed by atoms with Gasteiger partial charge in [-0.15, -0.1) is 0 Å². The molecule has 3 aromatic rings. The van der Waals surface area contributed by atoms with Crippen LogP contribution >= 0.6 is 34.5 Å². The van der Waals surface area contributed by atoms with Gasteiger partial charge in [0.1, 0.15) is 0 Å². The molecule has 1 fully saturated rings. The fraction of sp³-hybridized carbons (Fsp3) is 0.364. The number of thiazole rings is 1. The molecule has 0 radical (unpaired) electrons. The highest BCUT2D eigenvalue weighted by atomic mass is 35.5. The van der Waals surface area contributed by atoms with Crippen LogP contribution in [0.3, 0.4) is 0 Å². The van der Waals surface area contributed by atoms with Gasteiger partial charge >= 0.3 is 0 Å². The second-order valence-corrected chi connectivity index (χ2v) is 11.6. The number of fused-ring (bicyclic) bond motifs is 1. The summed E-state index contributed by atoms with van der Waals surface area (Å²) in [5, 5.41) is 0.870. The Balaban J connectivity index is 1.64. The minimum atomic E-state index is -3.56. The summed E-state index contributed by atoms with van der Waals surface area (Å²) in [6.45, 7) is 5.69. The van der Waals surface area contributed by atoms with Crippen molar-refractivity contribution < 1.29 is 13.2 Å². The highest BCUT2D eigenvalue weighted by Gasteiger charge is 2.28.